The molecular formula is C8H11Cl2FN2. The summed E-state index contributed by atoms with van der Waals surface area (Å²) in [6, 6.07) is 1.64. The fraction of sp³-hybridized carbons (Fsp3) is 0.375. The van der Waals surface area contributed by atoms with Crippen LogP contribution in [0.4, 0.5) is 10.1 Å². The number of halogens is 3. The van der Waals surface area contributed by atoms with Gasteiger partial charge in [-0.2, -0.15) is 0 Å². The third-order valence-corrected chi connectivity index (χ3v) is 1.78. The van der Waals surface area contributed by atoms with E-state index in [1.165, 1.54) is 6.20 Å². The summed E-state index contributed by atoms with van der Waals surface area (Å²) < 4.78 is 13.0. The van der Waals surface area contributed by atoms with Crippen molar-refractivity contribution in [2.75, 3.05) is 19.0 Å². The summed E-state index contributed by atoms with van der Waals surface area (Å²) in [5.41, 5.74) is 1.20. The van der Waals surface area contributed by atoms with Crippen LogP contribution in [-0.4, -0.2) is 19.1 Å². The summed E-state index contributed by atoms with van der Waals surface area (Å²) in [4.78, 5) is 5.49. The van der Waals surface area contributed by atoms with Gasteiger partial charge in [0.2, 0.25) is 0 Å². The highest BCUT2D eigenvalue weighted by Crippen LogP contribution is 2.17. The molecule has 0 N–H and O–H groups in total. The highest BCUT2D eigenvalue weighted by atomic mass is 35.5. The number of alkyl halides is 1. The van der Waals surface area contributed by atoms with Crippen molar-refractivity contribution in [2.24, 2.45) is 0 Å². The van der Waals surface area contributed by atoms with Crippen LogP contribution in [0.3, 0.4) is 0 Å². The average Bonchev–Trinajstić information content (AvgIpc) is 2.05. The van der Waals surface area contributed by atoms with Gasteiger partial charge in [-0.3, -0.25) is 4.98 Å². The molecule has 0 atom stereocenters. The van der Waals surface area contributed by atoms with E-state index in [-0.39, 0.29) is 18.2 Å². The highest BCUT2D eigenvalue weighted by molar-refractivity contribution is 6.16. The van der Waals surface area contributed by atoms with Crippen LogP contribution in [0.1, 0.15) is 5.69 Å². The van der Waals surface area contributed by atoms with Crippen molar-refractivity contribution in [1.29, 1.82) is 0 Å². The third kappa shape index (κ3) is 3.01. The van der Waals surface area contributed by atoms with Crippen molar-refractivity contribution in [2.45, 2.75) is 5.88 Å². The lowest BCUT2D eigenvalue weighted by Crippen LogP contribution is -2.11. The van der Waals surface area contributed by atoms with E-state index >= 15 is 0 Å². The second kappa shape index (κ2) is 5.25. The molecule has 0 saturated carbocycles. The van der Waals surface area contributed by atoms with Gasteiger partial charge < -0.3 is 4.90 Å². The van der Waals surface area contributed by atoms with Crippen molar-refractivity contribution >= 4 is 29.7 Å². The van der Waals surface area contributed by atoms with Gasteiger partial charge in [-0.1, -0.05) is 0 Å². The van der Waals surface area contributed by atoms with Crippen LogP contribution >= 0.6 is 24.0 Å². The summed E-state index contributed by atoms with van der Waals surface area (Å²) in [5, 5.41) is 0. The number of nitrogens with zero attached hydrogens (tertiary/aromatic N) is 2. The van der Waals surface area contributed by atoms with Crippen LogP contribution in [0.2, 0.25) is 0 Å². The largest absolute Gasteiger partial charge is 0.375 e. The Bertz CT molecular complexity index is 279. The second-order valence-corrected chi connectivity index (χ2v) is 2.92. The molecule has 1 aromatic rings. The average molecular weight is 225 g/mol. The van der Waals surface area contributed by atoms with Gasteiger partial charge >= 0.3 is 0 Å². The van der Waals surface area contributed by atoms with Crippen LogP contribution in [0.25, 0.3) is 0 Å². The van der Waals surface area contributed by atoms with E-state index in [2.05, 4.69) is 4.98 Å². The molecule has 74 valence electrons. The molecule has 0 saturated heterocycles. The third-order valence-electron chi connectivity index (χ3n) is 1.51. The van der Waals surface area contributed by atoms with Gasteiger partial charge in [-0.25, -0.2) is 4.39 Å². The maximum Gasteiger partial charge on any atom is 0.164 e. The van der Waals surface area contributed by atoms with E-state index in [1.807, 2.05) is 0 Å². The zero-order valence-electron chi connectivity index (χ0n) is 7.42. The van der Waals surface area contributed by atoms with Gasteiger partial charge in [0, 0.05) is 14.1 Å². The van der Waals surface area contributed by atoms with Crippen molar-refractivity contribution < 1.29 is 4.39 Å². The minimum atomic E-state index is -0.325. The fourth-order valence-corrected chi connectivity index (χ4v) is 1.03. The Morgan fingerprint density at radius 1 is 1.54 bits per heavy atom. The number of anilines is 1. The van der Waals surface area contributed by atoms with E-state index in [4.69, 9.17) is 11.6 Å². The Hall–Kier alpha value is -0.540. The fourth-order valence-electron chi connectivity index (χ4n) is 0.886. The molecule has 0 fully saturated rings. The minimum absolute atomic E-state index is 0. The number of hydrogen-bond acceptors (Lipinski definition) is 2. The van der Waals surface area contributed by atoms with E-state index in [0.717, 1.165) is 0 Å². The molecule has 0 amide bonds. The molecule has 0 aliphatic heterocycles. The molecule has 0 aliphatic carbocycles. The molecule has 5 heteroatoms. The molecule has 1 heterocycles. The first-order chi connectivity index (χ1) is 5.65. The van der Waals surface area contributed by atoms with Crippen LogP contribution in [0.15, 0.2) is 12.3 Å². The lowest BCUT2D eigenvalue weighted by Gasteiger charge is -2.13. The maximum absolute atomic E-state index is 13.0. The molecule has 0 aliphatic rings. The van der Waals surface area contributed by atoms with Gasteiger partial charge in [-0.15, -0.1) is 24.0 Å². The second-order valence-electron chi connectivity index (χ2n) is 2.66. The standard InChI is InChI=1S/C8H10ClFN2.ClH/c1-12(2)8-3-6(4-9)11-5-7(8)10;/h3,5H,4H2,1-2H3;1H. The predicted molar refractivity (Wildman–Crippen MR) is 55.3 cm³/mol. The van der Waals surface area contributed by atoms with Gasteiger partial charge in [0.15, 0.2) is 5.82 Å². The lowest BCUT2D eigenvalue weighted by atomic mass is 10.3. The molecule has 0 radical (unpaired) electrons. The Kier molecular flexibility index (Phi) is 5.03. The number of rotatable bonds is 2. The van der Waals surface area contributed by atoms with Crippen LogP contribution in [0, 0.1) is 5.82 Å². The first-order valence-corrected chi connectivity index (χ1v) is 4.06. The van der Waals surface area contributed by atoms with E-state index < -0.39 is 0 Å². The van der Waals surface area contributed by atoms with Crippen LogP contribution in [0.5, 0.6) is 0 Å². The van der Waals surface area contributed by atoms with E-state index in [1.54, 1.807) is 25.1 Å². The van der Waals surface area contributed by atoms with Crippen LogP contribution < -0.4 is 4.90 Å². The monoisotopic (exact) mass is 224 g/mol. The van der Waals surface area contributed by atoms with Crippen molar-refractivity contribution in [3.05, 3.63) is 23.8 Å². The van der Waals surface area contributed by atoms with E-state index in [9.17, 15) is 4.39 Å². The predicted octanol–water partition coefficient (Wildman–Crippen LogP) is 2.45. The molecule has 13 heavy (non-hydrogen) atoms. The summed E-state index contributed by atoms with van der Waals surface area (Å²) in [6.07, 6.45) is 1.19. The van der Waals surface area contributed by atoms with Crippen LogP contribution in [-0.2, 0) is 5.88 Å². The Morgan fingerprint density at radius 2 is 2.15 bits per heavy atom. The highest BCUT2D eigenvalue weighted by Gasteiger charge is 2.05. The van der Waals surface area contributed by atoms with Gasteiger partial charge in [0.05, 0.1) is 23.5 Å². The molecule has 0 spiro atoms. The van der Waals surface area contributed by atoms with Crippen molar-refractivity contribution in [3.8, 4) is 0 Å². The maximum atomic E-state index is 13.0. The van der Waals surface area contributed by atoms with Gasteiger partial charge in [-0.05, 0) is 6.07 Å². The summed E-state index contributed by atoms with van der Waals surface area (Å²) >= 11 is 5.55. The first-order valence-electron chi connectivity index (χ1n) is 3.53. The van der Waals surface area contributed by atoms with Crippen molar-refractivity contribution in [1.82, 2.24) is 4.98 Å². The quantitative estimate of drug-likeness (QED) is 0.718. The topological polar surface area (TPSA) is 16.1 Å². The molecule has 0 unspecified atom stereocenters. The normalized spacial score (nSPS) is 9.23. The summed E-state index contributed by atoms with van der Waals surface area (Å²) in [6.45, 7) is 0. The molecule has 2 nitrogen and oxygen atoms in total. The van der Waals surface area contributed by atoms with Gasteiger partial charge in [0.1, 0.15) is 0 Å². The van der Waals surface area contributed by atoms with E-state index in [0.29, 0.717) is 17.3 Å². The lowest BCUT2D eigenvalue weighted by molar-refractivity contribution is 0.618. The van der Waals surface area contributed by atoms with Gasteiger partial charge in [0.25, 0.3) is 0 Å². The first kappa shape index (κ1) is 12.5. The number of hydrogen-bond donors (Lipinski definition) is 0. The Labute approximate surface area is 88.1 Å². The molecule has 1 aromatic heterocycles. The molecular weight excluding hydrogens is 214 g/mol. The summed E-state index contributed by atoms with van der Waals surface area (Å²) in [5.74, 6) is -0.0185. The number of aromatic nitrogens is 1. The Balaban J connectivity index is 0.00000144. The summed E-state index contributed by atoms with van der Waals surface area (Å²) in [7, 11) is 3.55. The zero-order valence-corrected chi connectivity index (χ0v) is 8.99. The molecule has 1 rings (SSSR count). The minimum Gasteiger partial charge on any atom is -0.375 e. The molecule has 0 bridgehead atoms. The Morgan fingerprint density at radius 3 is 2.62 bits per heavy atom. The van der Waals surface area contributed by atoms with Crippen molar-refractivity contribution in [3.63, 3.8) is 0 Å². The smallest absolute Gasteiger partial charge is 0.164 e. The molecule has 0 aromatic carbocycles. The SMILES string of the molecule is CN(C)c1cc(CCl)ncc1F.Cl. The zero-order chi connectivity index (χ0) is 9.14. The number of pyridine rings is 1.